The molecular formula is C22H24N4O3. The normalized spacial score (nSPS) is 14.6. The molecule has 0 saturated carbocycles. The molecule has 1 fully saturated rings. The number of likely N-dealkylation sites (tertiary alicyclic amines) is 1. The number of piperidine rings is 1. The van der Waals surface area contributed by atoms with Gasteiger partial charge in [-0.1, -0.05) is 30.3 Å². The molecule has 0 unspecified atom stereocenters. The smallest absolute Gasteiger partial charge is 0.316 e. The molecule has 0 aromatic heterocycles. The van der Waals surface area contributed by atoms with Crippen LogP contribution in [0.25, 0.3) is 6.08 Å². The van der Waals surface area contributed by atoms with Gasteiger partial charge in [-0.15, -0.1) is 0 Å². The summed E-state index contributed by atoms with van der Waals surface area (Å²) in [7, 11) is 0. The van der Waals surface area contributed by atoms with Gasteiger partial charge in [0.2, 0.25) is 11.8 Å². The van der Waals surface area contributed by atoms with Gasteiger partial charge in [0, 0.05) is 36.5 Å². The van der Waals surface area contributed by atoms with Gasteiger partial charge in [0.15, 0.2) is 0 Å². The van der Waals surface area contributed by atoms with Crippen LogP contribution in [0.1, 0.15) is 18.4 Å². The Morgan fingerprint density at radius 1 is 0.897 bits per heavy atom. The summed E-state index contributed by atoms with van der Waals surface area (Å²) in [6.45, 7) is 1.11. The lowest BCUT2D eigenvalue weighted by molar-refractivity contribution is -0.130. The van der Waals surface area contributed by atoms with E-state index in [-0.39, 0.29) is 17.7 Å². The third-order valence-corrected chi connectivity index (χ3v) is 4.82. The number of urea groups is 1. The summed E-state index contributed by atoms with van der Waals surface area (Å²) in [6, 6.07) is 15.8. The van der Waals surface area contributed by atoms with Crippen LogP contribution in [0.2, 0.25) is 0 Å². The van der Waals surface area contributed by atoms with Crippen molar-refractivity contribution < 1.29 is 14.4 Å². The fourth-order valence-corrected chi connectivity index (χ4v) is 3.22. The Morgan fingerprint density at radius 3 is 2.07 bits per heavy atom. The molecule has 29 heavy (non-hydrogen) atoms. The number of nitrogens with two attached hydrogens (primary N) is 1. The maximum atomic E-state index is 12.5. The van der Waals surface area contributed by atoms with Gasteiger partial charge in [0.05, 0.1) is 0 Å². The summed E-state index contributed by atoms with van der Waals surface area (Å²) in [5.74, 6) is -0.238. The average Bonchev–Trinajstić information content (AvgIpc) is 2.74. The number of rotatable bonds is 5. The van der Waals surface area contributed by atoms with Crippen molar-refractivity contribution in [1.29, 1.82) is 0 Å². The number of anilines is 2. The summed E-state index contributed by atoms with van der Waals surface area (Å²) in [6.07, 6.45) is 4.63. The van der Waals surface area contributed by atoms with Crippen molar-refractivity contribution in [2.45, 2.75) is 12.8 Å². The second kappa shape index (κ2) is 9.54. The molecule has 0 bridgehead atoms. The van der Waals surface area contributed by atoms with Gasteiger partial charge in [-0.25, -0.2) is 4.79 Å². The highest BCUT2D eigenvalue weighted by atomic mass is 16.2. The molecule has 0 spiro atoms. The predicted octanol–water partition coefficient (Wildman–Crippen LogP) is 3.07. The predicted molar refractivity (Wildman–Crippen MR) is 113 cm³/mol. The Hall–Kier alpha value is -3.61. The highest BCUT2D eigenvalue weighted by molar-refractivity contribution is 5.94. The molecule has 1 saturated heterocycles. The number of amides is 4. The summed E-state index contributed by atoms with van der Waals surface area (Å²) in [5.41, 5.74) is 7.26. The average molecular weight is 392 g/mol. The molecule has 4 N–H and O–H groups in total. The molecular weight excluding hydrogens is 368 g/mol. The Balaban J connectivity index is 1.47. The van der Waals surface area contributed by atoms with E-state index in [0.29, 0.717) is 37.3 Å². The van der Waals surface area contributed by atoms with Gasteiger partial charge in [-0.05, 0) is 48.7 Å². The first-order valence-corrected chi connectivity index (χ1v) is 9.51. The van der Waals surface area contributed by atoms with E-state index in [0.717, 1.165) is 5.56 Å². The topological polar surface area (TPSA) is 105 Å². The van der Waals surface area contributed by atoms with E-state index < -0.39 is 6.03 Å². The van der Waals surface area contributed by atoms with Gasteiger partial charge in [0.25, 0.3) is 0 Å². The van der Waals surface area contributed by atoms with Crippen LogP contribution >= 0.6 is 0 Å². The Kier molecular flexibility index (Phi) is 6.63. The van der Waals surface area contributed by atoms with Gasteiger partial charge < -0.3 is 21.3 Å². The van der Waals surface area contributed by atoms with Gasteiger partial charge >= 0.3 is 6.03 Å². The number of nitrogens with one attached hydrogen (secondary N) is 2. The number of carbonyl (C=O) groups excluding carboxylic acids is 3. The maximum absolute atomic E-state index is 12.5. The Morgan fingerprint density at radius 2 is 1.48 bits per heavy atom. The van der Waals surface area contributed by atoms with Crippen LogP contribution in [-0.4, -0.2) is 35.8 Å². The van der Waals surface area contributed by atoms with Crippen molar-refractivity contribution in [3.8, 4) is 0 Å². The second-order valence-electron chi connectivity index (χ2n) is 6.90. The van der Waals surface area contributed by atoms with Crippen LogP contribution in [0.3, 0.4) is 0 Å². The quantitative estimate of drug-likeness (QED) is 0.681. The van der Waals surface area contributed by atoms with Crippen LogP contribution in [0.15, 0.2) is 60.7 Å². The molecule has 3 rings (SSSR count). The summed E-state index contributed by atoms with van der Waals surface area (Å²) in [5, 5.41) is 5.35. The fraction of sp³-hybridized carbons (Fsp3) is 0.227. The minimum atomic E-state index is -0.637. The van der Waals surface area contributed by atoms with E-state index in [2.05, 4.69) is 10.6 Å². The Bertz CT molecular complexity index is 886. The Labute approximate surface area is 169 Å². The van der Waals surface area contributed by atoms with Crippen molar-refractivity contribution in [3.63, 3.8) is 0 Å². The third kappa shape index (κ3) is 5.93. The van der Waals surface area contributed by atoms with Crippen LogP contribution in [0.4, 0.5) is 16.2 Å². The third-order valence-electron chi connectivity index (χ3n) is 4.82. The first-order chi connectivity index (χ1) is 14.0. The van der Waals surface area contributed by atoms with Crippen LogP contribution < -0.4 is 16.4 Å². The van der Waals surface area contributed by atoms with Crippen molar-refractivity contribution >= 4 is 35.3 Å². The van der Waals surface area contributed by atoms with Gasteiger partial charge in [-0.3, -0.25) is 9.59 Å². The molecule has 4 amide bonds. The molecule has 0 atom stereocenters. The molecule has 2 aromatic carbocycles. The summed E-state index contributed by atoms with van der Waals surface area (Å²) >= 11 is 0. The lowest BCUT2D eigenvalue weighted by atomic mass is 9.95. The molecule has 0 radical (unpaired) electrons. The second-order valence-corrected chi connectivity index (χ2v) is 6.90. The number of primary amides is 1. The maximum Gasteiger partial charge on any atom is 0.316 e. The first-order valence-electron chi connectivity index (χ1n) is 9.51. The van der Waals surface area contributed by atoms with E-state index in [1.54, 1.807) is 41.3 Å². The van der Waals surface area contributed by atoms with Crippen molar-refractivity contribution in [2.75, 3.05) is 23.7 Å². The van der Waals surface area contributed by atoms with Gasteiger partial charge in [0.1, 0.15) is 0 Å². The first kappa shape index (κ1) is 20.1. The van der Waals surface area contributed by atoms with Crippen LogP contribution in [-0.2, 0) is 9.59 Å². The number of hydrogen-bond acceptors (Lipinski definition) is 3. The van der Waals surface area contributed by atoms with Crippen molar-refractivity contribution in [2.24, 2.45) is 11.7 Å². The molecule has 1 aliphatic heterocycles. The lowest BCUT2D eigenvalue weighted by Crippen LogP contribution is -2.40. The van der Waals surface area contributed by atoms with E-state index >= 15 is 0 Å². The van der Waals surface area contributed by atoms with Crippen LogP contribution in [0, 0.1) is 5.92 Å². The highest BCUT2D eigenvalue weighted by Crippen LogP contribution is 2.21. The summed E-state index contributed by atoms with van der Waals surface area (Å²) in [4.78, 5) is 37.5. The molecule has 1 heterocycles. The van der Waals surface area contributed by atoms with E-state index in [4.69, 9.17) is 5.73 Å². The standard InChI is InChI=1S/C22H24N4O3/c23-22(29)25-19-9-7-18(8-10-19)24-21(28)17-12-14-26(15-13-17)20(27)11-6-16-4-2-1-3-5-16/h1-11,17H,12-15H2,(H,24,28)(H3,23,25,29)/b11-6+. The molecule has 2 aromatic rings. The van der Waals surface area contributed by atoms with Gasteiger partial charge in [-0.2, -0.15) is 0 Å². The van der Waals surface area contributed by atoms with E-state index in [1.165, 1.54) is 0 Å². The van der Waals surface area contributed by atoms with E-state index in [9.17, 15) is 14.4 Å². The number of benzene rings is 2. The molecule has 1 aliphatic rings. The number of carbonyl (C=O) groups is 3. The molecule has 7 heteroatoms. The minimum Gasteiger partial charge on any atom is -0.351 e. The zero-order chi connectivity index (χ0) is 20.6. The van der Waals surface area contributed by atoms with Crippen molar-refractivity contribution in [1.82, 2.24) is 4.90 Å². The number of nitrogens with zero attached hydrogens (tertiary/aromatic N) is 1. The van der Waals surface area contributed by atoms with E-state index in [1.807, 2.05) is 30.3 Å². The minimum absolute atomic E-state index is 0.0368. The SMILES string of the molecule is NC(=O)Nc1ccc(NC(=O)C2CCN(C(=O)/C=C/c3ccccc3)CC2)cc1. The van der Waals surface area contributed by atoms with Crippen LogP contribution in [0.5, 0.6) is 0 Å². The summed E-state index contributed by atoms with van der Waals surface area (Å²) < 4.78 is 0. The lowest BCUT2D eigenvalue weighted by Gasteiger charge is -2.30. The largest absolute Gasteiger partial charge is 0.351 e. The molecule has 150 valence electrons. The molecule has 7 nitrogen and oxygen atoms in total. The number of hydrogen-bond donors (Lipinski definition) is 3. The fourth-order valence-electron chi connectivity index (χ4n) is 3.22. The van der Waals surface area contributed by atoms with Crippen molar-refractivity contribution in [3.05, 3.63) is 66.2 Å². The zero-order valence-electron chi connectivity index (χ0n) is 16.0. The zero-order valence-corrected chi connectivity index (χ0v) is 16.0. The molecule has 0 aliphatic carbocycles. The monoisotopic (exact) mass is 392 g/mol. The highest BCUT2D eigenvalue weighted by Gasteiger charge is 2.26.